The first-order valence-electron chi connectivity index (χ1n) is 7.69. The molecule has 0 bridgehead atoms. The highest BCUT2D eigenvalue weighted by atomic mass is 16.6. The van der Waals surface area contributed by atoms with Gasteiger partial charge in [-0.25, -0.2) is 9.59 Å². The summed E-state index contributed by atoms with van der Waals surface area (Å²) in [6.45, 7) is -0.0351. The summed E-state index contributed by atoms with van der Waals surface area (Å²) in [5.41, 5.74) is -1.62. The van der Waals surface area contributed by atoms with Crippen molar-refractivity contribution in [1.29, 1.82) is 0 Å². The molecule has 0 unspecified atom stereocenters. The number of benzene rings is 2. The largest absolute Gasteiger partial charge is 0.504 e. The number of carboxylic acids is 2. The summed E-state index contributed by atoms with van der Waals surface area (Å²) >= 11 is 0. The van der Waals surface area contributed by atoms with E-state index in [4.69, 9.17) is 19.7 Å². The smallest absolute Gasteiger partial charge is 0.343 e. The van der Waals surface area contributed by atoms with Gasteiger partial charge in [0.25, 0.3) is 0 Å². The Morgan fingerprint density at radius 3 is 2.25 bits per heavy atom. The van der Waals surface area contributed by atoms with E-state index in [-0.39, 0.29) is 12.4 Å². The first-order chi connectivity index (χ1) is 13.3. The minimum Gasteiger partial charge on any atom is -0.504 e. The third-order valence-corrected chi connectivity index (χ3v) is 3.59. The van der Waals surface area contributed by atoms with Crippen molar-refractivity contribution < 1.29 is 39.3 Å². The lowest BCUT2D eigenvalue weighted by Gasteiger charge is -2.14. The molecule has 0 atom stereocenters. The van der Waals surface area contributed by atoms with Gasteiger partial charge >= 0.3 is 17.6 Å². The number of aromatic hydroxyl groups is 1. The topological polar surface area (TPSA) is 156 Å². The highest BCUT2D eigenvalue weighted by Gasteiger charge is 2.29. The fraction of sp³-hybridized carbons (Fsp3) is 0.111. The van der Waals surface area contributed by atoms with Crippen LogP contribution in [0.15, 0.2) is 42.0 Å². The van der Waals surface area contributed by atoms with Crippen LogP contribution in [0.4, 0.5) is 5.69 Å². The quantitative estimate of drug-likeness (QED) is 0.203. The van der Waals surface area contributed by atoms with E-state index in [0.29, 0.717) is 6.08 Å². The molecule has 0 aliphatic heterocycles. The van der Waals surface area contributed by atoms with Crippen LogP contribution >= 0.6 is 0 Å². The van der Waals surface area contributed by atoms with Gasteiger partial charge in [0.15, 0.2) is 5.75 Å². The molecule has 0 aromatic heterocycles. The summed E-state index contributed by atoms with van der Waals surface area (Å²) in [5.74, 6) is -4.99. The third-order valence-electron chi connectivity index (χ3n) is 3.59. The van der Waals surface area contributed by atoms with Crippen LogP contribution in [-0.4, -0.2) is 39.3 Å². The molecule has 0 aliphatic carbocycles. The van der Waals surface area contributed by atoms with Gasteiger partial charge in [-0.05, 0) is 17.7 Å². The average Bonchev–Trinajstić information content (AvgIpc) is 2.64. The number of ether oxygens (including phenoxy) is 2. The third kappa shape index (κ3) is 4.36. The van der Waals surface area contributed by atoms with Crippen LogP contribution in [0.25, 0.3) is 6.08 Å². The monoisotopic (exact) mass is 389 g/mol. The van der Waals surface area contributed by atoms with Crippen LogP contribution in [0.3, 0.4) is 0 Å². The standard InChI is InChI=1S/C18H15NO9/c1-27-16-14(19(25)26)11(7-12(17(21)22)18(23)24)8-13(20)15(16)28-9-10-5-3-2-4-6-10/h2-8,20H,9H2,1H3,(H,21,22)(H,23,24). The summed E-state index contributed by atoms with van der Waals surface area (Å²) in [6.07, 6.45) is 0.562. The minimum atomic E-state index is -1.80. The second-order valence-electron chi connectivity index (χ2n) is 5.40. The van der Waals surface area contributed by atoms with E-state index < -0.39 is 45.2 Å². The molecule has 10 heteroatoms. The Morgan fingerprint density at radius 1 is 1.14 bits per heavy atom. The number of hydrogen-bond acceptors (Lipinski definition) is 7. The van der Waals surface area contributed by atoms with Crippen LogP contribution in [0.2, 0.25) is 0 Å². The summed E-state index contributed by atoms with van der Waals surface area (Å²) in [5, 5.41) is 39.7. The van der Waals surface area contributed by atoms with Crippen molar-refractivity contribution in [3.8, 4) is 17.2 Å². The Labute approximate surface area is 158 Å². The molecular weight excluding hydrogens is 374 g/mol. The zero-order chi connectivity index (χ0) is 20.8. The zero-order valence-corrected chi connectivity index (χ0v) is 14.5. The number of rotatable bonds is 8. The number of carboxylic acid groups (broad SMARTS) is 2. The number of nitro benzene ring substituents is 1. The highest BCUT2D eigenvalue weighted by Crippen LogP contribution is 2.46. The van der Waals surface area contributed by atoms with Crippen molar-refractivity contribution in [2.45, 2.75) is 6.61 Å². The van der Waals surface area contributed by atoms with Crippen LogP contribution < -0.4 is 9.47 Å². The van der Waals surface area contributed by atoms with Crippen molar-refractivity contribution in [2.75, 3.05) is 7.11 Å². The van der Waals surface area contributed by atoms with Gasteiger partial charge in [0.2, 0.25) is 11.5 Å². The van der Waals surface area contributed by atoms with Crippen molar-refractivity contribution in [2.24, 2.45) is 0 Å². The van der Waals surface area contributed by atoms with E-state index >= 15 is 0 Å². The fourth-order valence-electron chi connectivity index (χ4n) is 2.36. The van der Waals surface area contributed by atoms with E-state index in [9.17, 15) is 24.8 Å². The Bertz CT molecular complexity index is 935. The Balaban J connectivity index is 2.59. The van der Waals surface area contributed by atoms with E-state index in [0.717, 1.165) is 18.7 Å². The van der Waals surface area contributed by atoms with Gasteiger partial charge in [-0.3, -0.25) is 10.1 Å². The number of phenolic OH excluding ortho intramolecular Hbond substituents is 1. The number of nitro groups is 1. The molecule has 146 valence electrons. The maximum Gasteiger partial charge on any atom is 0.343 e. The SMILES string of the molecule is COc1c(OCc2ccccc2)c(O)cc(C=C(C(=O)O)C(=O)O)c1[N+](=O)[O-]. The molecule has 0 fully saturated rings. The average molecular weight is 389 g/mol. The molecule has 0 aliphatic rings. The number of hydrogen-bond donors (Lipinski definition) is 3. The predicted molar refractivity (Wildman–Crippen MR) is 95.3 cm³/mol. The zero-order valence-electron chi connectivity index (χ0n) is 14.5. The summed E-state index contributed by atoms with van der Waals surface area (Å²) in [6, 6.07) is 9.61. The Morgan fingerprint density at radius 2 is 1.75 bits per heavy atom. The van der Waals surface area contributed by atoms with Crippen LogP contribution in [0.5, 0.6) is 17.2 Å². The van der Waals surface area contributed by atoms with Gasteiger partial charge in [-0.1, -0.05) is 30.3 Å². The van der Waals surface area contributed by atoms with Crippen LogP contribution in [-0.2, 0) is 16.2 Å². The molecule has 0 radical (unpaired) electrons. The van der Waals surface area contributed by atoms with Gasteiger partial charge in [-0.15, -0.1) is 0 Å². The molecule has 2 aromatic carbocycles. The lowest BCUT2D eigenvalue weighted by Crippen LogP contribution is -2.11. The van der Waals surface area contributed by atoms with E-state index in [1.54, 1.807) is 30.3 Å². The predicted octanol–water partition coefficient (Wildman–Crippen LogP) is 2.44. The summed E-state index contributed by atoms with van der Waals surface area (Å²) < 4.78 is 10.5. The Hall–Kier alpha value is -4.08. The maximum absolute atomic E-state index is 11.5. The molecule has 2 rings (SSSR count). The van der Waals surface area contributed by atoms with E-state index in [1.807, 2.05) is 0 Å². The Kier molecular flexibility index (Phi) is 6.17. The molecule has 0 spiro atoms. The first-order valence-corrected chi connectivity index (χ1v) is 7.69. The molecule has 2 aromatic rings. The van der Waals surface area contributed by atoms with E-state index in [1.165, 1.54) is 0 Å². The van der Waals surface area contributed by atoms with Crippen LogP contribution in [0, 0.1) is 10.1 Å². The second-order valence-corrected chi connectivity index (χ2v) is 5.40. The van der Waals surface area contributed by atoms with Crippen molar-refractivity contribution in [3.63, 3.8) is 0 Å². The second kappa shape index (κ2) is 8.54. The number of phenols is 1. The number of carbonyl (C=O) groups is 2. The van der Waals surface area contributed by atoms with E-state index in [2.05, 4.69) is 0 Å². The lowest BCUT2D eigenvalue weighted by atomic mass is 10.1. The molecule has 28 heavy (non-hydrogen) atoms. The first kappa shape index (κ1) is 20.2. The molecule has 3 N–H and O–H groups in total. The van der Waals surface area contributed by atoms with Gasteiger partial charge < -0.3 is 24.8 Å². The fourth-order valence-corrected chi connectivity index (χ4v) is 2.36. The van der Waals surface area contributed by atoms with Crippen molar-refractivity contribution in [1.82, 2.24) is 0 Å². The molecule has 10 nitrogen and oxygen atoms in total. The van der Waals surface area contributed by atoms with Gasteiger partial charge in [0.05, 0.1) is 17.6 Å². The lowest BCUT2D eigenvalue weighted by molar-refractivity contribution is -0.386. The summed E-state index contributed by atoms with van der Waals surface area (Å²) in [4.78, 5) is 32.7. The van der Waals surface area contributed by atoms with Crippen molar-refractivity contribution in [3.05, 3.63) is 63.2 Å². The minimum absolute atomic E-state index is 0.0351. The summed E-state index contributed by atoms with van der Waals surface area (Å²) in [7, 11) is 1.10. The number of aliphatic carboxylic acids is 2. The molecule has 0 heterocycles. The van der Waals surface area contributed by atoms with Crippen molar-refractivity contribution >= 4 is 23.7 Å². The molecular formula is C18H15NO9. The highest BCUT2D eigenvalue weighted by molar-refractivity contribution is 6.16. The van der Waals surface area contributed by atoms with Gasteiger partial charge in [-0.2, -0.15) is 0 Å². The van der Waals surface area contributed by atoms with Gasteiger partial charge in [0, 0.05) is 0 Å². The molecule has 0 amide bonds. The molecule has 0 saturated carbocycles. The normalized spacial score (nSPS) is 10.0. The van der Waals surface area contributed by atoms with Gasteiger partial charge in [0.1, 0.15) is 12.2 Å². The molecule has 0 saturated heterocycles. The van der Waals surface area contributed by atoms with Crippen LogP contribution in [0.1, 0.15) is 11.1 Å². The number of methoxy groups -OCH3 is 1. The maximum atomic E-state index is 11.5. The number of nitrogens with zero attached hydrogens (tertiary/aromatic N) is 1.